The van der Waals surface area contributed by atoms with Crippen LogP contribution in [-0.2, 0) is 18.9 Å². The molecule has 1 fully saturated rings. The molecule has 12 heteroatoms. The molecule has 2 aromatic carbocycles. The first kappa shape index (κ1) is 21.8. The molecule has 1 saturated heterocycles. The Labute approximate surface area is 198 Å². The Bertz CT molecular complexity index is 1410. The van der Waals surface area contributed by atoms with Crippen molar-refractivity contribution in [3.8, 4) is 0 Å². The monoisotopic (exact) mass is 538 g/mol. The number of anilines is 1. The third kappa shape index (κ3) is 3.61. The van der Waals surface area contributed by atoms with E-state index in [-0.39, 0.29) is 26.2 Å². The van der Waals surface area contributed by atoms with Gasteiger partial charge in [-0.15, -0.1) is 0 Å². The van der Waals surface area contributed by atoms with Crippen LogP contribution >= 0.6 is 51.5 Å². The second-order valence-corrected chi connectivity index (χ2v) is 9.61. The number of amides is 1. The lowest BCUT2D eigenvalue weighted by molar-refractivity contribution is -0.385. The summed E-state index contributed by atoms with van der Waals surface area (Å²) in [7, 11) is 3.12. The maximum absolute atomic E-state index is 13.1. The van der Waals surface area contributed by atoms with E-state index in [1.807, 2.05) is 0 Å². The van der Waals surface area contributed by atoms with Crippen molar-refractivity contribution in [3.05, 3.63) is 70.9 Å². The van der Waals surface area contributed by atoms with Crippen molar-refractivity contribution in [2.24, 2.45) is 14.1 Å². The molecule has 158 valence electrons. The quantitative estimate of drug-likeness (QED) is 0.209. The highest BCUT2D eigenvalue weighted by atomic mass is 79.9. The Morgan fingerprint density at radius 1 is 1.16 bits per heavy atom. The molecule has 8 nitrogen and oxygen atoms in total. The van der Waals surface area contributed by atoms with E-state index in [1.54, 1.807) is 32.3 Å². The minimum absolute atomic E-state index is 0.202. The molecule has 31 heavy (non-hydrogen) atoms. The maximum Gasteiger partial charge on any atom is 0.328 e. The summed E-state index contributed by atoms with van der Waals surface area (Å²) in [6, 6.07) is 7.86. The van der Waals surface area contributed by atoms with Crippen LogP contribution in [0.3, 0.4) is 0 Å². The topological polar surface area (TPSA) is 90.4 Å². The molecule has 0 saturated carbocycles. The molecule has 1 amide bonds. The van der Waals surface area contributed by atoms with Gasteiger partial charge in [0.15, 0.2) is 4.32 Å². The van der Waals surface area contributed by atoms with Crippen LogP contribution in [0.5, 0.6) is 0 Å². The van der Waals surface area contributed by atoms with E-state index in [0.29, 0.717) is 26.2 Å². The van der Waals surface area contributed by atoms with E-state index in [4.69, 9.17) is 23.8 Å². The van der Waals surface area contributed by atoms with Crippen LogP contribution in [-0.4, -0.2) is 24.3 Å². The second kappa shape index (κ2) is 7.90. The zero-order valence-corrected chi connectivity index (χ0v) is 19.9. The number of carbonyl (C=O) groups excluding carboxylic acids is 1. The molecular weight excluding hydrogens is 528 g/mol. The molecule has 0 radical (unpaired) electrons. The molecule has 0 bridgehead atoms. The zero-order valence-electron chi connectivity index (χ0n) is 16.0. The summed E-state index contributed by atoms with van der Waals surface area (Å²) in [5.41, 5.74) is 1.11. The largest absolute Gasteiger partial charge is 0.328 e. The van der Waals surface area contributed by atoms with Gasteiger partial charge in [0.05, 0.1) is 37.1 Å². The van der Waals surface area contributed by atoms with Crippen molar-refractivity contribution in [1.29, 1.82) is 0 Å². The summed E-state index contributed by atoms with van der Waals surface area (Å²) >= 11 is 15.8. The Morgan fingerprint density at radius 3 is 2.42 bits per heavy atom. The van der Waals surface area contributed by atoms with Gasteiger partial charge in [-0.2, -0.15) is 0 Å². The van der Waals surface area contributed by atoms with Gasteiger partial charge >= 0.3 is 5.69 Å². The molecule has 1 aromatic heterocycles. The summed E-state index contributed by atoms with van der Waals surface area (Å²) in [6.45, 7) is 0. The van der Waals surface area contributed by atoms with Gasteiger partial charge in [-0.3, -0.25) is 28.9 Å². The van der Waals surface area contributed by atoms with Gasteiger partial charge < -0.3 is 0 Å². The minimum atomic E-state index is -0.544. The highest BCUT2D eigenvalue weighted by molar-refractivity contribution is 9.10. The fraction of sp³-hybridized carbons (Fsp3) is 0.105. The maximum atomic E-state index is 13.1. The van der Waals surface area contributed by atoms with Gasteiger partial charge in [0.25, 0.3) is 11.6 Å². The Kier molecular flexibility index (Phi) is 5.54. The molecule has 0 N–H and O–H groups in total. The number of carbonyl (C=O) groups is 1. The average Bonchev–Trinajstić information content (AvgIpc) is 3.11. The molecule has 0 atom stereocenters. The molecule has 2 heterocycles. The fourth-order valence-electron chi connectivity index (χ4n) is 3.28. The van der Waals surface area contributed by atoms with Crippen LogP contribution in [0.15, 0.2) is 44.5 Å². The summed E-state index contributed by atoms with van der Waals surface area (Å²) in [4.78, 5) is 38.0. The molecule has 0 unspecified atom stereocenters. The van der Waals surface area contributed by atoms with Crippen molar-refractivity contribution in [2.45, 2.75) is 0 Å². The fourth-order valence-corrected chi connectivity index (χ4v) is 4.99. The van der Waals surface area contributed by atoms with Crippen molar-refractivity contribution in [3.63, 3.8) is 0 Å². The highest BCUT2D eigenvalue weighted by Gasteiger charge is 2.34. The van der Waals surface area contributed by atoms with E-state index in [1.165, 1.54) is 32.2 Å². The predicted octanol–water partition coefficient (Wildman–Crippen LogP) is 4.61. The van der Waals surface area contributed by atoms with E-state index in [9.17, 15) is 19.7 Å². The molecule has 3 aromatic rings. The van der Waals surface area contributed by atoms with Crippen LogP contribution in [0.1, 0.15) is 5.56 Å². The number of nitro groups is 1. The molecule has 4 rings (SSSR count). The number of nitrogens with zero attached hydrogens (tertiary/aromatic N) is 4. The van der Waals surface area contributed by atoms with Crippen LogP contribution < -0.4 is 10.6 Å². The van der Waals surface area contributed by atoms with Gasteiger partial charge in [0.2, 0.25) is 0 Å². The number of hydrogen-bond acceptors (Lipinski definition) is 6. The number of aryl methyl sites for hydroxylation is 2. The number of thioether (sulfide) groups is 1. The molecule has 1 aliphatic heterocycles. The Morgan fingerprint density at radius 2 is 1.81 bits per heavy atom. The first-order valence-corrected chi connectivity index (χ1v) is 11.1. The summed E-state index contributed by atoms with van der Waals surface area (Å²) in [6.07, 6.45) is 1.43. The first-order chi connectivity index (χ1) is 14.6. The number of nitro benzene ring substituents is 1. The van der Waals surface area contributed by atoms with Crippen LogP contribution in [0.25, 0.3) is 17.1 Å². The molecule has 1 aliphatic rings. The van der Waals surface area contributed by atoms with Crippen LogP contribution in [0.4, 0.5) is 11.4 Å². The van der Waals surface area contributed by atoms with Crippen LogP contribution in [0, 0.1) is 10.1 Å². The predicted molar refractivity (Wildman–Crippen MR) is 130 cm³/mol. The van der Waals surface area contributed by atoms with Gasteiger partial charge in [-0.25, -0.2) is 4.79 Å². The summed E-state index contributed by atoms with van der Waals surface area (Å²) < 4.78 is 3.69. The SMILES string of the molecule is Cn1c(=O)n(C)c2cc([N+](=O)[O-])c(/C=C3\SC(=S)N(c4ccc(Br)c(Cl)c4)C3=O)cc21. The molecule has 0 aliphatic carbocycles. The van der Waals surface area contributed by atoms with E-state index in [2.05, 4.69) is 15.9 Å². The van der Waals surface area contributed by atoms with Crippen LogP contribution in [0.2, 0.25) is 5.02 Å². The van der Waals surface area contributed by atoms with Gasteiger partial charge in [-0.1, -0.05) is 35.6 Å². The standard InChI is InChI=1S/C19H12BrClN4O4S2/c1-22-14-5-9(13(25(28)29)8-15(14)23(2)18(22)27)6-16-17(26)24(19(30)31-16)10-3-4-11(20)12(21)7-10/h3-8H,1-2H3/b16-6-. The lowest BCUT2D eigenvalue weighted by Crippen LogP contribution is -2.27. The number of thiocarbonyl (C=S) groups is 1. The number of imidazole rings is 1. The second-order valence-electron chi connectivity index (χ2n) is 6.67. The first-order valence-electron chi connectivity index (χ1n) is 8.67. The van der Waals surface area contributed by atoms with Gasteiger partial charge in [0.1, 0.15) is 0 Å². The highest BCUT2D eigenvalue weighted by Crippen LogP contribution is 2.39. The Hall–Kier alpha value is -2.47. The number of hydrogen-bond donors (Lipinski definition) is 0. The number of fused-ring (bicyclic) bond motifs is 1. The van der Waals surface area contributed by atoms with Gasteiger partial charge in [-0.05, 0) is 46.3 Å². The number of benzene rings is 2. The average molecular weight is 540 g/mol. The van der Waals surface area contributed by atoms with Crippen molar-refractivity contribution in [2.75, 3.05) is 4.90 Å². The number of aromatic nitrogens is 2. The summed E-state index contributed by atoms with van der Waals surface area (Å²) in [5, 5.41) is 12.1. The lowest BCUT2D eigenvalue weighted by atomic mass is 10.1. The lowest BCUT2D eigenvalue weighted by Gasteiger charge is -2.15. The molecular formula is C19H12BrClN4O4S2. The summed E-state index contributed by atoms with van der Waals surface area (Å²) in [5.74, 6) is -0.412. The van der Waals surface area contributed by atoms with Crippen molar-refractivity contribution >= 4 is 90.2 Å². The number of halogens is 2. The zero-order chi connectivity index (χ0) is 22.6. The molecule has 0 spiro atoms. The van der Waals surface area contributed by atoms with Crippen molar-refractivity contribution in [1.82, 2.24) is 9.13 Å². The normalized spacial score (nSPS) is 15.5. The van der Waals surface area contributed by atoms with Gasteiger partial charge in [0, 0.05) is 24.6 Å². The Balaban J connectivity index is 1.83. The minimum Gasteiger partial charge on any atom is -0.295 e. The third-order valence-electron chi connectivity index (χ3n) is 4.86. The third-order valence-corrected chi connectivity index (χ3v) is 7.39. The van der Waals surface area contributed by atoms with Crippen molar-refractivity contribution < 1.29 is 9.72 Å². The van der Waals surface area contributed by atoms with E-state index in [0.717, 1.165) is 11.8 Å². The number of rotatable bonds is 3. The van der Waals surface area contributed by atoms with E-state index >= 15 is 0 Å². The van der Waals surface area contributed by atoms with E-state index < -0.39 is 10.8 Å². The smallest absolute Gasteiger partial charge is 0.295 e.